The molecular formula is C24H30O4. The maximum Gasteiger partial charge on any atom is 0.119 e. The van der Waals surface area contributed by atoms with Crippen LogP contribution in [0.5, 0.6) is 11.5 Å². The number of epoxide rings is 2. The van der Waals surface area contributed by atoms with Crippen molar-refractivity contribution in [3.05, 3.63) is 59.7 Å². The van der Waals surface area contributed by atoms with Gasteiger partial charge in [-0.15, -0.1) is 0 Å². The zero-order valence-electron chi connectivity index (χ0n) is 16.5. The lowest BCUT2D eigenvalue weighted by Gasteiger charge is -2.07. The summed E-state index contributed by atoms with van der Waals surface area (Å²) in [6, 6.07) is 17.0. The predicted octanol–water partition coefficient (Wildman–Crippen LogP) is 4.59. The van der Waals surface area contributed by atoms with Crippen molar-refractivity contribution in [1.82, 2.24) is 0 Å². The number of ether oxygens (including phenoxy) is 4. The van der Waals surface area contributed by atoms with Gasteiger partial charge in [-0.25, -0.2) is 0 Å². The summed E-state index contributed by atoms with van der Waals surface area (Å²) in [4.78, 5) is 0. The fourth-order valence-corrected chi connectivity index (χ4v) is 3.22. The first kappa shape index (κ1) is 19.3. The lowest BCUT2D eigenvalue weighted by Crippen LogP contribution is -2.03. The summed E-state index contributed by atoms with van der Waals surface area (Å²) in [5.41, 5.74) is 2.78. The minimum absolute atomic E-state index is 0.313. The first-order valence-electron chi connectivity index (χ1n) is 10.5. The average Bonchev–Trinajstić information content (AvgIpc) is 3.64. The molecule has 28 heavy (non-hydrogen) atoms. The normalized spacial score (nSPS) is 20.0. The van der Waals surface area contributed by atoms with E-state index in [2.05, 4.69) is 48.5 Å². The van der Waals surface area contributed by atoms with Crippen LogP contribution < -0.4 is 9.47 Å². The molecule has 0 saturated carbocycles. The van der Waals surface area contributed by atoms with E-state index < -0.39 is 0 Å². The molecule has 2 aromatic carbocycles. The molecule has 2 aliphatic heterocycles. The van der Waals surface area contributed by atoms with E-state index in [9.17, 15) is 0 Å². The van der Waals surface area contributed by atoms with E-state index >= 15 is 0 Å². The highest BCUT2D eigenvalue weighted by atomic mass is 16.6. The van der Waals surface area contributed by atoms with Crippen LogP contribution in [0, 0.1) is 0 Å². The fraction of sp³-hybridized carbons (Fsp3) is 0.500. The van der Waals surface area contributed by atoms with Gasteiger partial charge in [0, 0.05) is 0 Å². The van der Waals surface area contributed by atoms with Crippen molar-refractivity contribution < 1.29 is 18.9 Å². The maximum atomic E-state index is 5.68. The molecule has 0 amide bonds. The second-order valence-electron chi connectivity index (χ2n) is 7.73. The van der Waals surface area contributed by atoms with E-state index in [1.54, 1.807) is 0 Å². The molecule has 150 valence electrons. The Morgan fingerprint density at radius 3 is 1.36 bits per heavy atom. The second kappa shape index (κ2) is 9.94. The van der Waals surface area contributed by atoms with Gasteiger partial charge in [-0.3, -0.25) is 0 Å². The van der Waals surface area contributed by atoms with Gasteiger partial charge in [-0.1, -0.05) is 37.1 Å². The molecule has 2 aliphatic rings. The number of hydrogen-bond donors (Lipinski definition) is 0. The quantitative estimate of drug-likeness (QED) is 0.375. The SMILES string of the molecule is c1cc(OCC2CO2)ccc1CCCCCCc1ccc(OCC2CO2)cc1. The van der Waals surface area contributed by atoms with Crippen molar-refractivity contribution in [3.63, 3.8) is 0 Å². The smallest absolute Gasteiger partial charge is 0.119 e. The Kier molecular flexibility index (Phi) is 6.85. The van der Waals surface area contributed by atoms with Crippen LogP contribution in [0.4, 0.5) is 0 Å². The van der Waals surface area contributed by atoms with Gasteiger partial charge >= 0.3 is 0 Å². The Bertz CT molecular complexity index is 639. The molecule has 0 radical (unpaired) electrons. The fourth-order valence-electron chi connectivity index (χ4n) is 3.22. The Morgan fingerprint density at radius 1 is 0.607 bits per heavy atom. The molecule has 4 heteroatoms. The van der Waals surface area contributed by atoms with Crippen molar-refractivity contribution in [2.75, 3.05) is 26.4 Å². The number of hydrogen-bond acceptors (Lipinski definition) is 4. The molecule has 2 fully saturated rings. The zero-order chi connectivity index (χ0) is 19.0. The van der Waals surface area contributed by atoms with E-state index in [0.29, 0.717) is 25.4 Å². The predicted molar refractivity (Wildman–Crippen MR) is 109 cm³/mol. The summed E-state index contributed by atoms with van der Waals surface area (Å²) in [6.07, 6.45) is 7.95. The van der Waals surface area contributed by atoms with Crippen molar-refractivity contribution >= 4 is 0 Å². The molecule has 4 rings (SSSR count). The lowest BCUT2D eigenvalue weighted by molar-refractivity contribution is 0.263. The van der Waals surface area contributed by atoms with Gasteiger partial charge in [0.1, 0.15) is 36.9 Å². The molecule has 2 unspecified atom stereocenters. The van der Waals surface area contributed by atoms with E-state index in [1.165, 1.54) is 36.8 Å². The molecule has 0 bridgehead atoms. The second-order valence-corrected chi connectivity index (χ2v) is 7.73. The van der Waals surface area contributed by atoms with Crippen molar-refractivity contribution in [1.29, 1.82) is 0 Å². The minimum atomic E-state index is 0.313. The van der Waals surface area contributed by atoms with E-state index in [-0.39, 0.29) is 0 Å². The van der Waals surface area contributed by atoms with E-state index in [0.717, 1.165) is 37.6 Å². The Balaban J connectivity index is 1.05. The summed E-state index contributed by atoms with van der Waals surface area (Å²) < 4.78 is 21.7. The number of benzene rings is 2. The highest BCUT2D eigenvalue weighted by molar-refractivity contribution is 5.28. The van der Waals surface area contributed by atoms with Gasteiger partial charge in [0.2, 0.25) is 0 Å². The molecule has 2 aromatic rings. The summed E-state index contributed by atoms with van der Waals surface area (Å²) in [5.74, 6) is 1.88. The Hall–Kier alpha value is -2.04. The number of aryl methyl sites for hydroxylation is 2. The molecule has 4 nitrogen and oxygen atoms in total. The molecule has 2 heterocycles. The summed E-state index contributed by atoms with van der Waals surface area (Å²) in [6.45, 7) is 3.02. The van der Waals surface area contributed by atoms with Gasteiger partial charge in [0.05, 0.1) is 13.2 Å². The van der Waals surface area contributed by atoms with Crippen molar-refractivity contribution in [2.45, 2.75) is 50.7 Å². The zero-order valence-corrected chi connectivity index (χ0v) is 16.5. The number of unbranched alkanes of at least 4 members (excludes halogenated alkanes) is 3. The molecule has 0 aliphatic carbocycles. The van der Waals surface area contributed by atoms with E-state index in [4.69, 9.17) is 18.9 Å². The summed E-state index contributed by atoms with van der Waals surface area (Å²) >= 11 is 0. The molecule has 0 spiro atoms. The van der Waals surface area contributed by atoms with Crippen molar-refractivity contribution in [2.24, 2.45) is 0 Å². The van der Waals surface area contributed by atoms with E-state index in [1.807, 2.05) is 0 Å². The monoisotopic (exact) mass is 382 g/mol. The van der Waals surface area contributed by atoms with Crippen LogP contribution >= 0.6 is 0 Å². The van der Waals surface area contributed by atoms with Gasteiger partial charge < -0.3 is 18.9 Å². The van der Waals surface area contributed by atoms with Crippen LogP contribution in [-0.4, -0.2) is 38.6 Å². The topological polar surface area (TPSA) is 43.5 Å². The first-order chi connectivity index (χ1) is 13.8. The minimum Gasteiger partial charge on any atom is -0.491 e. The van der Waals surface area contributed by atoms with Crippen LogP contribution in [-0.2, 0) is 22.3 Å². The Labute approximate surface area is 167 Å². The third kappa shape index (κ3) is 6.84. The van der Waals surface area contributed by atoms with Gasteiger partial charge in [-0.2, -0.15) is 0 Å². The lowest BCUT2D eigenvalue weighted by atomic mass is 10.0. The van der Waals surface area contributed by atoms with Crippen LogP contribution in [0.25, 0.3) is 0 Å². The van der Waals surface area contributed by atoms with Gasteiger partial charge in [0.15, 0.2) is 0 Å². The third-order valence-corrected chi connectivity index (χ3v) is 5.20. The molecular weight excluding hydrogens is 352 g/mol. The van der Waals surface area contributed by atoms with Crippen LogP contribution in [0.2, 0.25) is 0 Å². The molecule has 0 N–H and O–H groups in total. The standard InChI is InChI=1S/C24H30O4/c1(3-5-19-7-11-21(12-8-19)25-15-23-17-27-23)2-4-6-20-9-13-22(14-10-20)26-16-24-18-28-24/h7-14,23-24H,1-6,15-18H2. The van der Waals surface area contributed by atoms with Crippen molar-refractivity contribution in [3.8, 4) is 11.5 Å². The summed E-state index contributed by atoms with van der Waals surface area (Å²) in [7, 11) is 0. The van der Waals surface area contributed by atoms with Gasteiger partial charge in [-0.05, 0) is 61.1 Å². The third-order valence-electron chi connectivity index (χ3n) is 5.20. The molecule has 2 atom stereocenters. The van der Waals surface area contributed by atoms with Crippen LogP contribution in [0.3, 0.4) is 0 Å². The largest absolute Gasteiger partial charge is 0.491 e. The van der Waals surface area contributed by atoms with Gasteiger partial charge in [0.25, 0.3) is 0 Å². The highest BCUT2D eigenvalue weighted by Crippen LogP contribution is 2.19. The Morgan fingerprint density at radius 2 is 1.00 bits per heavy atom. The maximum absolute atomic E-state index is 5.68. The average molecular weight is 383 g/mol. The molecule has 2 saturated heterocycles. The van der Waals surface area contributed by atoms with Crippen LogP contribution in [0.1, 0.15) is 36.8 Å². The van der Waals surface area contributed by atoms with Crippen LogP contribution in [0.15, 0.2) is 48.5 Å². The molecule has 0 aromatic heterocycles. The highest BCUT2D eigenvalue weighted by Gasteiger charge is 2.23. The number of rotatable bonds is 13. The summed E-state index contributed by atoms with van der Waals surface area (Å²) in [5, 5.41) is 0. The first-order valence-corrected chi connectivity index (χ1v) is 10.5.